The average Bonchev–Trinajstić information content (AvgIpc) is 3.17. The molecule has 1 atom stereocenters. The smallest absolute Gasteiger partial charge is 0.145 e. The molecule has 0 saturated heterocycles. The summed E-state index contributed by atoms with van der Waals surface area (Å²) in [6.07, 6.45) is 7.24. The molecule has 0 aliphatic heterocycles. The molecule has 0 saturated carbocycles. The van der Waals surface area contributed by atoms with Gasteiger partial charge in [-0.3, -0.25) is 0 Å². The lowest BCUT2D eigenvalue weighted by molar-refractivity contribution is 0.282. The molecule has 0 aliphatic carbocycles. The number of hydrogen-bond donors (Lipinski definition) is 2. The first-order valence-electron chi connectivity index (χ1n) is 10.1. The monoisotopic (exact) mass is 412 g/mol. The van der Waals surface area contributed by atoms with Crippen LogP contribution < -0.4 is 5.14 Å². The Kier molecular flexibility index (Phi) is 8.16. The van der Waals surface area contributed by atoms with E-state index in [1.807, 2.05) is 42.5 Å². The Morgan fingerprint density at radius 2 is 1.52 bits per heavy atom. The van der Waals surface area contributed by atoms with Crippen molar-refractivity contribution in [1.29, 1.82) is 0 Å². The number of aryl methyl sites for hydroxylation is 1. The molecule has 6 heteroatoms. The van der Waals surface area contributed by atoms with E-state index in [1.54, 1.807) is 12.1 Å². The number of aliphatic hydroxyl groups excluding tert-OH is 1. The van der Waals surface area contributed by atoms with Gasteiger partial charge in [-0.15, -0.1) is 0 Å². The maximum atomic E-state index is 11.5. The van der Waals surface area contributed by atoms with Crippen molar-refractivity contribution in [3.05, 3.63) is 60.4 Å². The van der Waals surface area contributed by atoms with Gasteiger partial charge in [-0.25, -0.2) is 9.35 Å². The van der Waals surface area contributed by atoms with Crippen LogP contribution in [0.15, 0.2) is 64.0 Å². The summed E-state index contributed by atoms with van der Waals surface area (Å²) in [5.41, 5.74) is 3.81. The SMILES string of the molecule is NS(=O)c1ccc(-c2c(-c3ccccc3)noc2CCCCCCCCO)cc1. The zero-order valence-corrected chi connectivity index (χ0v) is 17.4. The molecule has 29 heavy (non-hydrogen) atoms. The van der Waals surface area contributed by atoms with Gasteiger partial charge in [-0.1, -0.05) is 73.3 Å². The van der Waals surface area contributed by atoms with Crippen LogP contribution in [-0.2, 0) is 17.4 Å². The van der Waals surface area contributed by atoms with E-state index in [2.05, 4.69) is 5.16 Å². The van der Waals surface area contributed by atoms with Gasteiger partial charge in [0.15, 0.2) is 0 Å². The van der Waals surface area contributed by atoms with Crippen molar-refractivity contribution in [3.63, 3.8) is 0 Å². The predicted molar refractivity (Wildman–Crippen MR) is 116 cm³/mol. The van der Waals surface area contributed by atoms with Crippen LogP contribution in [0.4, 0.5) is 0 Å². The molecule has 3 N–H and O–H groups in total. The van der Waals surface area contributed by atoms with Crippen LogP contribution in [0.3, 0.4) is 0 Å². The van der Waals surface area contributed by atoms with E-state index in [0.717, 1.165) is 73.1 Å². The van der Waals surface area contributed by atoms with Crippen molar-refractivity contribution in [2.24, 2.45) is 5.14 Å². The highest BCUT2D eigenvalue weighted by molar-refractivity contribution is 7.82. The van der Waals surface area contributed by atoms with Crippen LogP contribution in [-0.4, -0.2) is 21.1 Å². The van der Waals surface area contributed by atoms with E-state index in [4.69, 9.17) is 14.8 Å². The fourth-order valence-electron chi connectivity index (χ4n) is 3.45. The highest BCUT2D eigenvalue weighted by atomic mass is 32.2. The third-order valence-electron chi connectivity index (χ3n) is 5.00. The second kappa shape index (κ2) is 11.0. The molecule has 0 radical (unpaired) electrons. The molecule has 0 aliphatic rings. The topological polar surface area (TPSA) is 89.4 Å². The number of rotatable bonds is 11. The van der Waals surface area contributed by atoms with Crippen molar-refractivity contribution in [2.45, 2.75) is 49.8 Å². The van der Waals surface area contributed by atoms with Crippen molar-refractivity contribution in [2.75, 3.05) is 6.61 Å². The largest absolute Gasteiger partial charge is 0.396 e. The molecule has 3 aromatic rings. The third-order valence-corrected chi connectivity index (χ3v) is 5.73. The number of nitrogens with zero attached hydrogens (tertiary/aromatic N) is 1. The van der Waals surface area contributed by atoms with E-state index in [9.17, 15) is 4.21 Å². The number of nitrogens with two attached hydrogens (primary N) is 1. The number of unbranched alkanes of at least 4 members (excludes halogenated alkanes) is 5. The van der Waals surface area contributed by atoms with Crippen LogP contribution >= 0.6 is 0 Å². The zero-order chi connectivity index (χ0) is 20.5. The van der Waals surface area contributed by atoms with Crippen molar-refractivity contribution < 1.29 is 13.8 Å². The first-order valence-corrected chi connectivity index (χ1v) is 11.3. The van der Waals surface area contributed by atoms with E-state index in [0.29, 0.717) is 4.90 Å². The third kappa shape index (κ3) is 5.85. The van der Waals surface area contributed by atoms with Crippen LogP contribution in [0.25, 0.3) is 22.4 Å². The summed E-state index contributed by atoms with van der Waals surface area (Å²) < 4.78 is 17.3. The van der Waals surface area contributed by atoms with Gasteiger partial charge in [0, 0.05) is 18.6 Å². The minimum Gasteiger partial charge on any atom is -0.396 e. The number of aliphatic hydroxyl groups is 1. The van der Waals surface area contributed by atoms with Crippen LogP contribution in [0, 0.1) is 0 Å². The Balaban J connectivity index is 1.79. The quantitative estimate of drug-likeness (QED) is 0.440. The molecular weight excluding hydrogens is 384 g/mol. The maximum absolute atomic E-state index is 11.5. The molecule has 1 aromatic heterocycles. The van der Waals surface area contributed by atoms with E-state index >= 15 is 0 Å². The zero-order valence-electron chi connectivity index (χ0n) is 16.5. The normalized spacial score (nSPS) is 12.2. The van der Waals surface area contributed by atoms with Gasteiger partial charge in [-0.05, 0) is 30.5 Å². The molecule has 3 rings (SSSR count). The Morgan fingerprint density at radius 1 is 0.862 bits per heavy atom. The maximum Gasteiger partial charge on any atom is 0.145 e. The summed E-state index contributed by atoms with van der Waals surface area (Å²) in [5.74, 6) is 0.876. The van der Waals surface area contributed by atoms with Gasteiger partial charge in [0.25, 0.3) is 0 Å². The Labute approximate surface area is 174 Å². The summed E-state index contributed by atoms with van der Waals surface area (Å²) in [7, 11) is -1.50. The lowest BCUT2D eigenvalue weighted by atomic mass is 9.97. The van der Waals surface area contributed by atoms with Gasteiger partial charge < -0.3 is 9.63 Å². The lowest BCUT2D eigenvalue weighted by Crippen LogP contribution is -2.02. The van der Waals surface area contributed by atoms with Gasteiger partial charge in [-0.2, -0.15) is 0 Å². The highest BCUT2D eigenvalue weighted by Crippen LogP contribution is 2.35. The van der Waals surface area contributed by atoms with Crippen LogP contribution in [0.1, 0.15) is 44.3 Å². The average molecular weight is 413 g/mol. The summed E-state index contributed by atoms with van der Waals surface area (Å²) in [4.78, 5) is 0.593. The molecule has 1 heterocycles. The van der Waals surface area contributed by atoms with Crippen molar-refractivity contribution in [1.82, 2.24) is 5.16 Å². The number of hydrogen-bond acceptors (Lipinski definition) is 4. The standard InChI is InChI=1S/C23H28N2O3S/c24-29(27)20-15-13-18(14-16-20)22-21(12-8-3-1-2-4-9-17-26)28-25-23(22)19-10-6-5-7-11-19/h5-7,10-11,13-16,26H,1-4,8-9,12,17,24H2. The van der Waals surface area contributed by atoms with Crippen molar-refractivity contribution >= 4 is 11.0 Å². The lowest BCUT2D eigenvalue weighted by Gasteiger charge is -2.06. The van der Waals surface area contributed by atoms with E-state index in [1.165, 1.54) is 0 Å². The number of benzene rings is 2. The van der Waals surface area contributed by atoms with Crippen molar-refractivity contribution in [3.8, 4) is 22.4 Å². The fourth-order valence-corrected chi connectivity index (χ4v) is 3.85. The Morgan fingerprint density at radius 3 is 2.17 bits per heavy atom. The second-order valence-corrected chi connectivity index (χ2v) is 8.18. The number of aromatic nitrogens is 1. The van der Waals surface area contributed by atoms with Gasteiger partial charge in [0.05, 0.1) is 10.5 Å². The van der Waals surface area contributed by atoms with Crippen LogP contribution in [0.2, 0.25) is 0 Å². The molecular formula is C23H28N2O3S. The first kappa shape index (κ1) is 21.4. The molecule has 2 aromatic carbocycles. The molecule has 0 amide bonds. The minimum absolute atomic E-state index is 0.278. The first-order chi connectivity index (χ1) is 14.2. The summed E-state index contributed by atoms with van der Waals surface area (Å²) in [6, 6.07) is 17.4. The highest BCUT2D eigenvalue weighted by Gasteiger charge is 2.19. The predicted octanol–water partition coefficient (Wildman–Crippen LogP) is 4.87. The summed E-state index contributed by atoms with van der Waals surface area (Å²) >= 11 is 0. The molecule has 0 fully saturated rings. The van der Waals surface area contributed by atoms with Gasteiger partial charge >= 0.3 is 0 Å². The minimum atomic E-state index is -1.50. The molecule has 0 spiro atoms. The molecule has 0 bridgehead atoms. The van der Waals surface area contributed by atoms with E-state index in [-0.39, 0.29) is 6.61 Å². The Bertz CT molecular complexity index is 908. The summed E-state index contributed by atoms with van der Waals surface area (Å²) in [6.45, 7) is 0.278. The Hall–Kier alpha value is -2.28. The van der Waals surface area contributed by atoms with E-state index < -0.39 is 11.0 Å². The van der Waals surface area contributed by atoms with Gasteiger partial charge in [0.1, 0.15) is 22.4 Å². The van der Waals surface area contributed by atoms with Gasteiger partial charge in [0.2, 0.25) is 0 Å². The molecule has 154 valence electrons. The summed E-state index contributed by atoms with van der Waals surface area (Å²) in [5, 5.41) is 18.7. The van der Waals surface area contributed by atoms with Crippen LogP contribution in [0.5, 0.6) is 0 Å². The fraction of sp³-hybridized carbons (Fsp3) is 0.348. The molecule has 5 nitrogen and oxygen atoms in total. The second-order valence-electron chi connectivity index (χ2n) is 7.11. The molecule has 1 unspecified atom stereocenters.